The quantitative estimate of drug-likeness (QED) is 0.347. The van der Waals surface area contributed by atoms with Gasteiger partial charge in [-0.15, -0.1) is 0 Å². The molecule has 0 N–H and O–H groups in total. The molecule has 0 spiro atoms. The third-order valence-electron chi connectivity index (χ3n) is 2.50. The van der Waals surface area contributed by atoms with Gasteiger partial charge < -0.3 is 4.74 Å². The van der Waals surface area contributed by atoms with E-state index in [4.69, 9.17) is 39.5 Å². The smallest absolute Gasteiger partial charge is 0.345 e. The van der Waals surface area contributed by atoms with Crippen LogP contribution in [0.4, 0.5) is 5.69 Å². The van der Waals surface area contributed by atoms with E-state index >= 15 is 0 Å². The van der Waals surface area contributed by atoms with E-state index in [2.05, 4.69) is 0 Å². The number of ether oxygens (including phenoxy) is 1. The average Bonchev–Trinajstić information content (AvgIpc) is 2.43. The maximum Gasteiger partial charge on any atom is 0.345 e. The lowest BCUT2D eigenvalue weighted by Gasteiger charge is -2.08. The molecule has 0 saturated carbocycles. The number of carbonyl (C=O) groups is 1. The van der Waals surface area contributed by atoms with Crippen molar-refractivity contribution in [3.63, 3.8) is 0 Å². The first-order valence-corrected chi connectivity index (χ1v) is 6.63. The molecule has 8 heteroatoms. The van der Waals surface area contributed by atoms with Gasteiger partial charge in [-0.05, 0) is 18.2 Å². The summed E-state index contributed by atoms with van der Waals surface area (Å²) in [6.07, 6.45) is 0. The van der Waals surface area contributed by atoms with Crippen molar-refractivity contribution in [1.82, 2.24) is 0 Å². The molecule has 2 rings (SSSR count). The summed E-state index contributed by atoms with van der Waals surface area (Å²) in [5, 5.41) is 10.8. The number of nitrogens with zero attached hydrogens (tertiary/aromatic N) is 1. The molecule has 5 nitrogen and oxygen atoms in total. The van der Waals surface area contributed by atoms with E-state index in [1.54, 1.807) is 12.1 Å². The van der Waals surface area contributed by atoms with Crippen LogP contribution in [-0.4, -0.2) is 10.9 Å². The van der Waals surface area contributed by atoms with Crippen LogP contribution in [0.15, 0.2) is 36.4 Å². The minimum atomic E-state index is -0.793. The van der Waals surface area contributed by atoms with Gasteiger partial charge in [0, 0.05) is 12.1 Å². The lowest BCUT2D eigenvalue weighted by molar-refractivity contribution is -0.384. The highest BCUT2D eigenvalue weighted by molar-refractivity contribution is 6.43. The lowest BCUT2D eigenvalue weighted by Crippen LogP contribution is -2.09. The van der Waals surface area contributed by atoms with E-state index < -0.39 is 10.9 Å². The molecule has 2 aromatic rings. The molecule has 0 saturated heterocycles. The molecule has 0 amide bonds. The zero-order valence-corrected chi connectivity index (χ0v) is 12.4. The molecule has 0 fully saturated rings. The summed E-state index contributed by atoms with van der Waals surface area (Å²) in [4.78, 5) is 22.0. The summed E-state index contributed by atoms with van der Waals surface area (Å²) in [6.45, 7) is 0. The number of hydrogen-bond donors (Lipinski definition) is 0. The Bertz CT molecular complexity index is 733. The van der Waals surface area contributed by atoms with E-state index in [1.807, 2.05) is 0 Å². The third kappa shape index (κ3) is 3.44. The van der Waals surface area contributed by atoms with Crippen molar-refractivity contribution in [2.24, 2.45) is 0 Å². The Balaban J connectivity index is 2.29. The number of carbonyl (C=O) groups excluding carboxylic acids is 1. The van der Waals surface area contributed by atoms with E-state index in [9.17, 15) is 14.9 Å². The monoisotopic (exact) mass is 345 g/mol. The summed E-state index contributed by atoms with van der Waals surface area (Å²) in [5.74, 6) is -0.720. The fourth-order valence-electron chi connectivity index (χ4n) is 1.50. The minimum absolute atomic E-state index is 0.0155. The summed E-state index contributed by atoms with van der Waals surface area (Å²) in [5.41, 5.74) is -0.240. The Morgan fingerprint density at radius 1 is 1.10 bits per heavy atom. The summed E-state index contributed by atoms with van der Waals surface area (Å²) >= 11 is 17.5. The van der Waals surface area contributed by atoms with Crippen LogP contribution in [0.1, 0.15) is 10.4 Å². The van der Waals surface area contributed by atoms with Crippen LogP contribution in [0, 0.1) is 10.1 Å². The molecule has 0 aliphatic heterocycles. The summed E-state index contributed by atoms with van der Waals surface area (Å²) in [6, 6.07) is 8.00. The van der Waals surface area contributed by atoms with Crippen LogP contribution in [0.25, 0.3) is 0 Å². The van der Waals surface area contributed by atoms with Gasteiger partial charge in [0.05, 0.1) is 20.5 Å². The highest BCUT2D eigenvalue weighted by Gasteiger charge is 2.18. The topological polar surface area (TPSA) is 69.4 Å². The number of benzene rings is 2. The maximum absolute atomic E-state index is 12.0. The normalized spacial score (nSPS) is 10.2. The Hall–Kier alpha value is -1.82. The van der Waals surface area contributed by atoms with Crippen molar-refractivity contribution in [1.29, 1.82) is 0 Å². The predicted molar refractivity (Wildman–Crippen MR) is 79.5 cm³/mol. The fourth-order valence-corrected chi connectivity index (χ4v) is 2.08. The predicted octanol–water partition coefficient (Wildman–Crippen LogP) is 4.77. The second-order valence-corrected chi connectivity index (χ2v) is 5.06. The van der Waals surface area contributed by atoms with Gasteiger partial charge in [-0.1, -0.05) is 40.9 Å². The van der Waals surface area contributed by atoms with Crippen LogP contribution >= 0.6 is 34.8 Å². The van der Waals surface area contributed by atoms with Gasteiger partial charge in [0.25, 0.3) is 5.69 Å². The first kappa shape index (κ1) is 15.6. The van der Waals surface area contributed by atoms with Crippen molar-refractivity contribution in [3.05, 3.63) is 67.1 Å². The molecule has 21 heavy (non-hydrogen) atoms. The van der Waals surface area contributed by atoms with Gasteiger partial charge in [-0.3, -0.25) is 10.1 Å². The Morgan fingerprint density at radius 3 is 2.43 bits per heavy atom. The number of halogens is 3. The lowest BCUT2D eigenvalue weighted by atomic mass is 10.2. The fraction of sp³-hybridized carbons (Fsp3) is 0. The standard InChI is InChI=1S/C13H6Cl3NO4/c14-9-2-1-3-11(12(9)16)21-13(18)8-5-4-7(17(19)20)6-10(8)15/h1-6H. The van der Waals surface area contributed by atoms with Gasteiger partial charge in [-0.25, -0.2) is 4.79 Å². The summed E-state index contributed by atoms with van der Waals surface area (Å²) in [7, 11) is 0. The van der Waals surface area contributed by atoms with Gasteiger partial charge in [0.15, 0.2) is 5.75 Å². The van der Waals surface area contributed by atoms with Crippen molar-refractivity contribution in [2.75, 3.05) is 0 Å². The molecule has 0 heterocycles. The second kappa shape index (κ2) is 6.30. The number of nitro groups is 1. The van der Waals surface area contributed by atoms with Gasteiger partial charge in [0.1, 0.15) is 5.02 Å². The Kier molecular flexibility index (Phi) is 4.67. The Labute approximate surface area is 134 Å². The second-order valence-electron chi connectivity index (χ2n) is 3.86. The molecule has 0 atom stereocenters. The number of rotatable bonds is 3. The molecule has 2 aromatic carbocycles. The Morgan fingerprint density at radius 2 is 1.81 bits per heavy atom. The van der Waals surface area contributed by atoms with Crippen LogP contribution < -0.4 is 4.74 Å². The van der Waals surface area contributed by atoms with E-state index in [0.717, 1.165) is 12.1 Å². The van der Waals surface area contributed by atoms with Crippen molar-refractivity contribution >= 4 is 46.5 Å². The SMILES string of the molecule is O=C(Oc1cccc(Cl)c1Cl)c1ccc([N+](=O)[O-])cc1Cl. The highest BCUT2D eigenvalue weighted by atomic mass is 35.5. The largest absolute Gasteiger partial charge is 0.421 e. The van der Waals surface area contributed by atoms with Gasteiger partial charge >= 0.3 is 5.97 Å². The molecular formula is C13H6Cl3NO4. The minimum Gasteiger partial charge on any atom is -0.421 e. The number of nitro benzene ring substituents is 1. The van der Waals surface area contributed by atoms with Crippen LogP contribution in [0.2, 0.25) is 15.1 Å². The van der Waals surface area contributed by atoms with Crippen LogP contribution in [0.5, 0.6) is 5.75 Å². The zero-order chi connectivity index (χ0) is 15.6. The van der Waals surface area contributed by atoms with E-state index in [1.165, 1.54) is 12.1 Å². The first-order chi connectivity index (χ1) is 9.90. The number of esters is 1. The molecule has 0 bridgehead atoms. The third-order valence-corrected chi connectivity index (χ3v) is 3.62. The first-order valence-electron chi connectivity index (χ1n) is 5.50. The molecule has 0 aromatic heterocycles. The molecule has 0 aliphatic carbocycles. The molecule has 0 radical (unpaired) electrons. The average molecular weight is 347 g/mol. The zero-order valence-electron chi connectivity index (χ0n) is 10.2. The molecule has 0 aliphatic rings. The number of hydrogen-bond acceptors (Lipinski definition) is 4. The van der Waals surface area contributed by atoms with Crippen LogP contribution in [0.3, 0.4) is 0 Å². The van der Waals surface area contributed by atoms with Gasteiger partial charge in [-0.2, -0.15) is 0 Å². The number of non-ortho nitro benzene ring substituents is 1. The molecule has 0 unspecified atom stereocenters. The van der Waals surface area contributed by atoms with E-state index in [0.29, 0.717) is 0 Å². The summed E-state index contributed by atoms with van der Waals surface area (Å²) < 4.78 is 5.08. The van der Waals surface area contributed by atoms with Gasteiger partial charge in [0.2, 0.25) is 0 Å². The van der Waals surface area contributed by atoms with Crippen molar-refractivity contribution in [3.8, 4) is 5.75 Å². The maximum atomic E-state index is 12.0. The van der Waals surface area contributed by atoms with Crippen LogP contribution in [-0.2, 0) is 0 Å². The molecule has 108 valence electrons. The van der Waals surface area contributed by atoms with E-state index in [-0.39, 0.29) is 32.1 Å². The van der Waals surface area contributed by atoms with Crippen molar-refractivity contribution in [2.45, 2.75) is 0 Å². The molecular weight excluding hydrogens is 341 g/mol. The highest BCUT2D eigenvalue weighted by Crippen LogP contribution is 2.32. The van der Waals surface area contributed by atoms with Crippen molar-refractivity contribution < 1.29 is 14.5 Å².